The van der Waals surface area contributed by atoms with Gasteiger partial charge in [0, 0.05) is 6.07 Å². The van der Waals surface area contributed by atoms with Crippen LogP contribution in [-0.2, 0) is 0 Å². The first-order chi connectivity index (χ1) is 4.61. The Labute approximate surface area is 59.1 Å². The van der Waals surface area contributed by atoms with E-state index >= 15 is 0 Å². The van der Waals surface area contributed by atoms with E-state index in [9.17, 15) is 4.39 Å². The van der Waals surface area contributed by atoms with E-state index in [0.717, 1.165) is 6.07 Å². The van der Waals surface area contributed by atoms with Gasteiger partial charge in [-0.2, -0.15) is 0 Å². The minimum Gasteiger partial charge on any atom is -0.508 e. The Hall–Kier alpha value is -1.05. The Bertz CT molecular complexity index is 205. The molecule has 0 aliphatic carbocycles. The molecule has 0 unspecified atom stereocenters. The SMILES string of the molecule is Cc1[c]c(C)c(F)cc1O. The van der Waals surface area contributed by atoms with Gasteiger partial charge in [-0.1, -0.05) is 0 Å². The van der Waals surface area contributed by atoms with Gasteiger partial charge >= 0.3 is 0 Å². The maximum absolute atomic E-state index is 12.6. The highest BCUT2D eigenvalue weighted by Crippen LogP contribution is 2.18. The molecule has 0 atom stereocenters. The zero-order valence-corrected chi connectivity index (χ0v) is 5.90. The lowest BCUT2D eigenvalue weighted by atomic mass is 10.1. The van der Waals surface area contributed by atoms with Gasteiger partial charge in [0.05, 0.1) is 0 Å². The standard InChI is InChI=1S/C8H8FO/c1-5-3-6(2)8(10)4-7(5)9/h4,10H,1-2H3. The van der Waals surface area contributed by atoms with E-state index in [4.69, 9.17) is 5.11 Å². The highest BCUT2D eigenvalue weighted by Gasteiger charge is 2.01. The molecule has 0 saturated heterocycles. The van der Waals surface area contributed by atoms with Crippen LogP contribution in [0.15, 0.2) is 6.07 Å². The largest absolute Gasteiger partial charge is 0.508 e. The Morgan fingerprint density at radius 3 is 2.50 bits per heavy atom. The molecule has 1 radical (unpaired) electrons. The third-order valence-electron chi connectivity index (χ3n) is 1.38. The molecular formula is C8H8FO. The van der Waals surface area contributed by atoms with Crippen LogP contribution in [0.4, 0.5) is 4.39 Å². The summed E-state index contributed by atoms with van der Waals surface area (Å²) in [4.78, 5) is 0. The predicted molar refractivity (Wildman–Crippen MR) is 36.4 cm³/mol. The molecule has 0 heterocycles. The summed E-state index contributed by atoms with van der Waals surface area (Å²) in [6.45, 7) is 3.30. The van der Waals surface area contributed by atoms with Gasteiger partial charge in [0.2, 0.25) is 0 Å². The second kappa shape index (κ2) is 2.29. The minimum atomic E-state index is -0.414. The average Bonchev–Trinajstić information content (AvgIpc) is 1.84. The third-order valence-corrected chi connectivity index (χ3v) is 1.38. The number of hydrogen-bond donors (Lipinski definition) is 1. The smallest absolute Gasteiger partial charge is 0.130 e. The van der Waals surface area contributed by atoms with Crippen LogP contribution < -0.4 is 0 Å². The molecule has 1 N–H and O–H groups in total. The van der Waals surface area contributed by atoms with Gasteiger partial charge in [0.25, 0.3) is 0 Å². The van der Waals surface area contributed by atoms with Crippen molar-refractivity contribution in [2.75, 3.05) is 0 Å². The molecule has 1 aromatic carbocycles. The van der Waals surface area contributed by atoms with Crippen molar-refractivity contribution < 1.29 is 9.50 Å². The van der Waals surface area contributed by atoms with Gasteiger partial charge in [0.15, 0.2) is 0 Å². The predicted octanol–water partition coefficient (Wildman–Crippen LogP) is 1.95. The first kappa shape index (κ1) is 7.06. The molecule has 0 spiro atoms. The molecule has 0 aromatic heterocycles. The molecule has 2 heteroatoms. The summed E-state index contributed by atoms with van der Waals surface area (Å²) in [7, 11) is 0. The van der Waals surface area contributed by atoms with Gasteiger partial charge in [-0.3, -0.25) is 0 Å². The van der Waals surface area contributed by atoms with Gasteiger partial charge in [-0.25, -0.2) is 4.39 Å². The van der Waals surface area contributed by atoms with Crippen molar-refractivity contribution in [3.63, 3.8) is 0 Å². The number of aryl methyl sites for hydroxylation is 2. The number of benzene rings is 1. The molecule has 10 heavy (non-hydrogen) atoms. The van der Waals surface area contributed by atoms with Crippen LogP contribution in [0, 0.1) is 25.7 Å². The lowest BCUT2D eigenvalue weighted by molar-refractivity contribution is 0.464. The van der Waals surface area contributed by atoms with Crippen LogP contribution in [-0.4, -0.2) is 5.11 Å². The molecule has 1 rings (SSSR count). The van der Waals surface area contributed by atoms with Crippen molar-refractivity contribution in [1.82, 2.24) is 0 Å². The summed E-state index contributed by atoms with van der Waals surface area (Å²) >= 11 is 0. The fraction of sp³-hybridized carbons (Fsp3) is 0.250. The van der Waals surface area contributed by atoms with E-state index in [1.807, 2.05) is 0 Å². The summed E-state index contributed by atoms with van der Waals surface area (Å²) < 4.78 is 12.6. The van der Waals surface area contributed by atoms with Crippen LogP contribution in [0.2, 0.25) is 0 Å². The highest BCUT2D eigenvalue weighted by atomic mass is 19.1. The summed E-state index contributed by atoms with van der Waals surface area (Å²) in [5.41, 5.74) is 1.02. The van der Waals surface area contributed by atoms with Crippen LogP contribution in [0.25, 0.3) is 0 Å². The lowest BCUT2D eigenvalue weighted by Crippen LogP contribution is -1.84. The van der Waals surface area contributed by atoms with Crippen molar-refractivity contribution in [3.8, 4) is 5.75 Å². The highest BCUT2D eigenvalue weighted by molar-refractivity contribution is 5.34. The second-order valence-corrected chi connectivity index (χ2v) is 2.25. The van der Waals surface area contributed by atoms with E-state index in [1.165, 1.54) is 0 Å². The normalized spacial score (nSPS) is 9.90. The number of phenols is 1. The van der Waals surface area contributed by atoms with E-state index < -0.39 is 5.82 Å². The van der Waals surface area contributed by atoms with Crippen molar-refractivity contribution >= 4 is 0 Å². The van der Waals surface area contributed by atoms with Crippen molar-refractivity contribution in [2.24, 2.45) is 0 Å². The summed E-state index contributed by atoms with van der Waals surface area (Å²) in [6, 6.07) is 3.78. The molecule has 0 bridgehead atoms. The Kier molecular flexibility index (Phi) is 1.62. The Morgan fingerprint density at radius 2 is 2.00 bits per heavy atom. The van der Waals surface area contributed by atoms with E-state index in [0.29, 0.717) is 11.1 Å². The molecule has 1 nitrogen and oxygen atoms in total. The number of aromatic hydroxyl groups is 1. The van der Waals surface area contributed by atoms with Crippen LogP contribution >= 0.6 is 0 Å². The van der Waals surface area contributed by atoms with Crippen molar-refractivity contribution in [2.45, 2.75) is 13.8 Å². The number of phenolic OH excluding ortho intramolecular Hbond substituents is 1. The molecule has 1 aromatic rings. The van der Waals surface area contributed by atoms with Crippen molar-refractivity contribution in [1.29, 1.82) is 0 Å². The molecule has 0 saturated carbocycles. The molecule has 0 aliphatic rings. The summed E-state index contributed by atoms with van der Waals surface area (Å²) in [5, 5.41) is 8.95. The third kappa shape index (κ3) is 1.10. The minimum absolute atomic E-state index is 0.0388. The van der Waals surface area contributed by atoms with Crippen LogP contribution in [0.1, 0.15) is 11.1 Å². The molecule has 53 valence electrons. The molecule has 0 amide bonds. The Morgan fingerprint density at radius 1 is 1.40 bits per heavy atom. The maximum Gasteiger partial charge on any atom is 0.130 e. The summed E-state index contributed by atoms with van der Waals surface area (Å²) in [6.07, 6.45) is 0. The maximum atomic E-state index is 12.6. The number of halogens is 1. The van der Waals surface area contributed by atoms with Crippen LogP contribution in [0.3, 0.4) is 0 Å². The van der Waals surface area contributed by atoms with Gasteiger partial charge in [-0.05, 0) is 31.0 Å². The summed E-state index contributed by atoms with van der Waals surface area (Å²) in [5.74, 6) is -0.453. The number of hydrogen-bond acceptors (Lipinski definition) is 1. The van der Waals surface area contributed by atoms with E-state index in [2.05, 4.69) is 6.07 Å². The second-order valence-electron chi connectivity index (χ2n) is 2.25. The Balaban J connectivity index is 3.28. The topological polar surface area (TPSA) is 20.2 Å². The van der Waals surface area contributed by atoms with Gasteiger partial charge < -0.3 is 5.11 Å². The first-order valence-corrected chi connectivity index (χ1v) is 2.99. The van der Waals surface area contributed by atoms with Crippen LogP contribution in [0.5, 0.6) is 5.75 Å². The molecule has 0 aliphatic heterocycles. The van der Waals surface area contributed by atoms with Gasteiger partial charge in [-0.15, -0.1) is 0 Å². The fourth-order valence-electron chi connectivity index (χ4n) is 0.742. The molecular weight excluding hydrogens is 131 g/mol. The monoisotopic (exact) mass is 139 g/mol. The lowest BCUT2D eigenvalue weighted by Gasteiger charge is -1.99. The average molecular weight is 139 g/mol. The zero-order chi connectivity index (χ0) is 7.72. The van der Waals surface area contributed by atoms with E-state index in [-0.39, 0.29) is 5.75 Å². The van der Waals surface area contributed by atoms with E-state index in [1.54, 1.807) is 13.8 Å². The fourth-order valence-corrected chi connectivity index (χ4v) is 0.742. The van der Waals surface area contributed by atoms with Crippen molar-refractivity contribution in [3.05, 3.63) is 29.1 Å². The first-order valence-electron chi connectivity index (χ1n) is 2.99. The quantitative estimate of drug-likeness (QED) is 0.582. The zero-order valence-electron chi connectivity index (χ0n) is 5.90. The van der Waals surface area contributed by atoms with Gasteiger partial charge in [0.1, 0.15) is 11.6 Å². The number of rotatable bonds is 0. The molecule has 0 fully saturated rings.